The molecule has 2 fully saturated rings. The molecule has 0 amide bonds. The summed E-state index contributed by atoms with van der Waals surface area (Å²) in [6.45, 7) is 6.54. The van der Waals surface area contributed by atoms with Gasteiger partial charge in [-0.1, -0.05) is 31.4 Å². The van der Waals surface area contributed by atoms with Crippen LogP contribution in [0.15, 0.2) is 23.3 Å². The van der Waals surface area contributed by atoms with Crippen molar-refractivity contribution in [1.82, 2.24) is 0 Å². The summed E-state index contributed by atoms with van der Waals surface area (Å²) in [5.41, 5.74) is 3.45. The summed E-state index contributed by atoms with van der Waals surface area (Å²) in [5.74, 6) is 1.25. The third-order valence-electron chi connectivity index (χ3n) is 4.91. The van der Waals surface area contributed by atoms with Crippen molar-refractivity contribution in [3.63, 3.8) is 0 Å². The molecule has 1 saturated carbocycles. The Bertz CT molecular complexity index is 413. The second-order valence-corrected chi connectivity index (χ2v) is 6.05. The van der Waals surface area contributed by atoms with Crippen molar-refractivity contribution in [2.24, 2.45) is 11.8 Å². The molecule has 0 aromatic heterocycles. The Morgan fingerprint density at radius 3 is 2.67 bits per heavy atom. The van der Waals surface area contributed by atoms with Crippen LogP contribution in [-0.4, -0.2) is 18.5 Å². The molecule has 2 heteroatoms. The minimum absolute atomic E-state index is 0.210. The van der Waals surface area contributed by atoms with Crippen LogP contribution in [0, 0.1) is 11.8 Å². The minimum Gasteiger partial charge on any atom is -0.373 e. The van der Waals surface area contributed by atoms with Gasteiger partial charge in [0.1, 0.15) is 0 Å². The molecular formula is C16H22O2. The van der Waals surface area contributed by atoms with Gasteiger partial charge in [-0.2, -0.15) is 0 Å². The molecule has 2 aliphatic carbocycles. The van der Waals surface area contributed by atoms with Crippen LogP contribution in [0.3, 0.4) is 0 Å². The molecule has 0 aromatic carbocycles. The van der Waals surface area contributed by atoms with Gasteiger partial charge in [0.2, 0.25) is 0 Å². The van der Waals surface area contributed by atoms with Crippen LogP contribution in [0.4, 0.5) is 0 Å². The Morgan fingerprint density at radius 2 is 2.00 bits per heavy atom. The number of allylic oxidation sites excluding steroid dienone is 1. The molecule has 2 atom stereocenters. The second kappa shape index (κ2) is 4.65. The largest absolute Gasteiger partial charge is 0.373 e. The lowest BCUT2D eigenvalue weighted by Gasteiger charge is -2.30. The Kier molecular flexibility index (Phi) is 3.14. The summed E-state index contributed by atoms with van der Waals surface area (Å²) in [5, 5.41) is 0. The quantitative estimate of drug-likeness (QED) is 0.698. The number of carbonyl (C=O) groups excluding carboxylic acids is 1. The fourth-order valence-electron chi connectivity index (χ4n) is 4.00. The van der Waals surface area contributed by atoms with Gasteiger partial charge in [0, 0.05) is 11.5 Å². The van der Waals surface area contributed by atoms with E-state index in [2.05, 4.69) is 6.58 Å². The number of hydrogen-bond donors (Lipinski definition) is 0. The monoisotopic (exact) mass is 246 g/mol. The van der Waals surface area contributed by atoms with Crippen molar-refractivity contribution in [2.75, 3.05) is 6.61 Å². The molecule has 0 spiro atoms. The molecule has 1 aliphatic heterocycles. The number of rotatable bonds is 2. The first-order valence-corrected chi connectivity index (χ1v) is 7.20. The number of hydrogen-bond acceptors (Lipinski definition) is 2. The van der Waals surface area contributed by atoms with E-state index in [-0.39, 0.29) is 5.78 Å². The third-order valence-corrected chi connectivity index (χ3v) is 4.91. The van der Waals surface area contributed by atoms with Crippen molar-refractivity contribution in [3.05, 3.63) is 23.3 Å². The average molecular weight is 246 g/mol. The standard InChI is InChI=1S/C16H22O2/c1-10-8-13(11(2)17)14-9-18-16(15(10)14)12-6-4-3-5-7-12/h12,15-16H,1,3-9H2,2H3/t15-,16+/m1/s1. The second-order valence-electron chi connectivity index (χ2n) is 6.05. The topological polar surface area (TPSA) is 26.3 Å². The van der Waals surface area contributed by atoms with E-state index in [0.717, 1.165) is 12.0 Å². The Morgan fingerprint density at radius 1 is 1.28 bits per heavy atom. The lowest BCUT2D eigenvalue weighted by atomic mass is 9.78. The fourth-order valence-corrected chi connectivity index (χ4v) is 4.00. The number of carbonyl (C=O) groups is 1. The lowest BCUT2D eigenvalue weighted by Crippen LogP contribution is -2.28. The zero-order valence-electron chi connectivity index (χ0n) is 11.2. The summed E-state index contributed by atoms with van der Waals surface area (Å²) in [6, 6.07) is 0. The van der Waals surface area contributed by atoms with Crippen molar-refractivity contribution >= 4 is 5.78 Å². The van der Waals surface area contributed by atoms with Crippen molar-refractivity contribution in [1.29, 1.82) is 0 Å². The summed E-state index contributed by atoms with van der Waals surface area (Å²) >= 11 is 0. The Balaban J connectivity index is 1.84. The summed E-state index contributed by atoms with van der Waals surface area (Å²) in [6.07, 6.45) is 7.72. The molecule has 0 unspecified atom stereocenters. The zero-order valence-corrected chi connectivity index (χ0v) is 11.2. The predicted octanol–water partition coefficient (Wildman–Crippen LogP) is 3.43. The molecule has 0 N–H and O–H groups in total. The molecule has 0 bridgehead atoms. The maximum absolute atomic E-state index is 11.7. The van der Waals surface area contributed by atoms with Crippen LogP contribution < -0.4 is 0 Å². The van der Waals surface area contributed by atoms with Crippen LogP contribution in [0.1, 0.15) is 45.4 Å². The van der Waals surface area contributed by atoms with E-state index < -0.39 is 0 Å². The predicted molar refractivity (Wildman–Crippen MR) is 71.3 cm³/mol. The highest BCUT2D eigenvalue weighted by molar-refractivity contribution is 5.95. The molecule has 3 aliphatic rings. The third kappa shape index (κ3) is 1.87. The highest BCUT2D eigenvalue weighted by Gasteiger charge is 2.44. The molecule has 3 rings (SSSR count). The summed E-state index contributed by atoms with van der Waals surface area (Å²) < 4.78 is 6.04. The highest BCUT2D eigenvalue weighted by atomic mass is 16.5. The number of fused-ring (bicyclic) bond motifs is 1. The zero-order chi connectivity index (χ0) is 12.7. The van der Waals surface area contributed by atoms with Crippen LogP contribution in [-0.2, 0) is 9.53 Å². The SMILES string of the molecule is C=C1CC(C(C)=O)=C2CO[C@@H](C3CCCCC3)[C@H]12. The first kappa shape index (κ1) is 12.2. The van der Waals surface area contributed by atoms with Crippen LogP contribution in [0.25, 0.3) is 0 Å². The van der Waals surface area contributed by atoms with Gasteiger partial charge in [0.15, 0.2) is 5.78 Å². The molecule has 0 radical (unpaired) electrons. The summed E-state index contributed by atoms with van der Waals surface area (Å²) in [7, 11) is 0. The molecule has 1 saturated heterocycles. The average Bonchev–Trinajstić information content (AvgIpc) is 2.92. The van der Waals surface area contributed by atoms with E-state index in [1.165, 1.54) is 43.3 Å². The van der Waals surface area contributed by atoms with Crippen LogP contribution in [0.5, 0.6) is 0 Å². The molecule has 1 heterocycles. The van der Waals surface area contributed by atoms with Crippen LogP contribution >= 0.6 is 0 Å². The van der Waals surface area contributed by atoms with Gasteiger partial charge in [-0.25, -0.2) is 0 Å². The molecule has 0 aromatic rings. The van der Waals surface area contributed by atoms with Gasteiger partial charge in [-0.3, -0.25) is 4.79 Å². The number of Topliss-reactive ketones (excluding diaryl/α,β-unsaturated/α-hetero) is 1. The van der Waals surface area contributed by atoms with Crippen molar-refractivity contribution in [2.45, 2.75) is 51.6 Å². The highest BCUT2D eigenvalue weighted by Crippen LogP contribution is 2.47. The fraction of sp³-hybridized carbons (Fsp3) is 0.688. The number of ether oxygens (including phenoxy) is 1. The molecule has 98 valence electrons. The van der Waals surface area contributed by atoms with E-state index in [9.17, 15) is 4.79 Å². The number of ketones is 1. The van der Waals surface area contributed by atoms with Crippen LogP contribution in [0.2, 0.25) is 0 Å². The van der Waals surface area contributed by atoms with Crippen molar-refractivity contribution < 1.29 is 9.53 Å². The van der Waals surface area contributed by atoms with E-state index in [1.807, 2.05) is 0 Å². The lowest BCUT2D eigenvalue weighted by molar-refractivity contribution is -0.113. The maximum atomic E-state index is 11.7. The maximum Gasteiger partial charge on any atom is 0.156 e. The molecular weight excluding hydrogens is 224 g/mol. The van der Waals surface area contributed by atoms with Gasteiger partial charge in [-0.05, 0) is 37.7 Å². The van der Waals surface area contributed by atoms with Gasteiger partial charge in [0.05, 0.1) is 12.7 Å². The minimum atomic E-state index is 0.210. The Labute approximate surface area is 109 Å². The molecule has 18 heavy (non-hydrogen) atoms. The first-order valence-electron chi connectivity index (χ1n) is 7.20. The van der Waals surface area contributed by atoms with Crippen molar-refractivity contribution in [3.8, 4) is 0 Å². The molecule has 2 nitrogen and oxygen atoms in total. The van der Waals surface area contributed by atoms with E-state index in [4.69, 9.17) is 4.74 Å². The normalized spacial score (nSPS) is 33.1. The van der Waals surface area contributed by atoms with Gasteiger partial charge < -0.3 is 4.74 Å². The summed E-state index contributed by atoms with van der Waals surface area (Å²) in [4.78, 5) is 11.7. The van der Waals surface area contributed by atoms with Gasteiger partial charge in [-0.15, -0.1) is 0 Å². The van der Waals surface area contributed by atoms with E-state index in [0.29, 0.717) is 24.5 Å². The van der Waals surface area contributed by atoms with E-state index in [1.54, 1.807) is 6.92 Å². The van der Waals surface area contributed by atoms with E-state index >= 15 is 0 Å². The first-order chi connectivity index (χ1) is 8.68. The van der Waals surface area contributed by atoms with Gasteiger partial charge in [0.25, 0.3) is 0 Å². The van der Waals surface area contributed by atoms with Gasteiger partial charge >= 0.3 is 0 Å². The Hall–Kier alpha value is -0.890. The smallest absolute Gasteiger partial charge is 0.156 e.